The Balaban J connectivity index is 1.99. The van der Waals surface area contributed by atoms with Crippen molar-refractivity contribution in [2.75, 3.05) is 7.05 Å². The Hall–Kier alpha value is -1.17. The molecule has 3 rings (SSSR count). The lowest BCUT2D eigenvalue weighted by atomic mass is 10.00. The molecule has 1 aliphatic carbocycles. The fraction of sp³-hybridized carbons (Fsp3) is 0.400. The van der Waals surface area contributed by atoms with Crippen LogP contribution in [0.5, 0.6) is 0 Å². The zero-order chi connectivity index (χ0) is 15.4. The van der Waals surface area contributed by atoms with Gasteiger partial charge in [-0.2, -0.15) is 0 Å². The van der Waals surface area contributed by atoms with E-state index >= 15 is 0 Å². The van der Waals surface area contributed by atoms with Crippen molar-refractivity contribution in [1.82, 2.24) is 5.32 Å². The molecule has 0 spiro atoms. The summed E-state index contributed by atoms with van der Waals surface area (Å²) in [5.74, 6) is 0.788. The summed E-state index contributed by atoms with van der Waals surface area (Å²) in [6.07, 6.45) is 4.11. The van der Waals surface area contributed by atoms with Crippen molar-refractivity contribution in [2.45, 2.75) is 37.9 Å². The average molecular weight is 311 g/mol. The van der Waals surface area contributed by atoms with Crippen LogP contribution in [-0.2, 0) is 0 Å². The van der Waals surface area contributed by atoms with Gasteiger partial charge in [-0.05, 0) is 56.9 Å². The highest BCUT2D eigenvalue weighted by Crippen LogP contribution is 2.50. The Kier molecular flexibility index (Phi) is 5.28. The topological polar surface area (TPSA) is 12.0 Å². The van der Waals surface area contributed by atoms with Crippen molar-refractivity contribution in [2.24, 2.45) is 5.92 Å². The second-order valence-corrected chi connectivity index (χ2v) is 8.72. The molecule has 0 unspecified atom stereocenters. The maximum atomic E-state index is 3.51. The second kappa shape index (κ2) is 7.40. The molecule has 0 aliphatic heterocycles. The van der Waals surface area contributed by atoms with Crippen molar-refractivity contribution < 1.29 is 0 Å². The van der Waals surface area contributed by atoms with E-state index in [1.165, 1.54) is 29.9 Å². The van der Waals surface area contributed by atoms with Crippen LogP contribution < -0.4 is 15.9 Å². The molecule has 1 saturated carbocycles. The van der Waals surface area contributed by atoms with Crippen LogP contribution >= 0.6 is 7.92 Å². The molecule has 0 bridgehead atoms. The van der Waals surface area contributed by atoms with Gasteiger partial charge in [-0.15, -0.1) is 0 Å². The molecular weight excluding hydrogens is 285 g/mol. The summed E-state index contributed by atoms with van der Waals surface area (Å²) < 4.78 is 0. The number of rotatable bonds is 5. The molecule has 0 heterocycles. The highest BCUT2D eigenvalue weighted by molar-refractivity contribution is 7.73. The third-order valence-electron chi connectivity index (χ3n) is 5.03. The van der Waals surface area contributed by atoms with Gasteiger partial charge in [0.2, 0.25) is 0 Å². The lowest BCUT2D eigenvalue weighted by molar-refractivity contribution is 0.410. The van der Waals surface area contributed by atoms with Gasteiger partial charge < -0.3 is 5.32 Å². The van der Waals surface area contributed by atoms with E-state index in [4.69, 9.17) is 0 Å². The zero-order valence-corrected chi connectivity index (χ0v) is 14.5. The van der Waals surface area contributed by atoms with Crippen molar-refractivity contribution >= 4 is 18.5 Å². The molecule has 2 heteroatoms. The SMILES string of the molecule is CN[C@@H](C)[C@H]1CCC[C@H]1P(c1ccccc1)c1ccccc1. The van der Waals surface area contributed by atoms with Gasteiger partial charge >= 0.3 is 0 Å². The van der Waals surface area contributed by atoms with E-state index in [0.717, 1.165) is 11.6 Å². The monoisotopic (exact) mass is 311 g/mol. The maximum Gasteiger partial charge on any atom is 0.00702 e. The first kappa shape index (κ1) is 15.7. The average Bonchev–Trinajstić information content (AvgIpc) is 3.06. The number of benzene rings is 2. The summed E-state index contributed by atoms with van der Waals surface area (Å²) >= 11 is 0. The Bertz CT molecular complexity index is 529. The summed E-state index contributed by atoms with van der Waals surface area (Å²) in [5, 5.41) is 6.57. The Morgan fingerprint density at radius 1 is 0.909 bits per heavy atom. The van der Waals surface area contributed by atoms with Crippen LogP contribution in [0.1, 0.15) is 26.2 Å². The predicted octanol–water partition coefficient (Wildman–Crippen LogP) is 3.90. The maximum absolute atomic E-state index is 3.51. The fourth-order valence-corrected chi connectivity index (χ4v) is 7.08. The lowest BCUT2D eigenvalue weighted by Gasteiger charge is -2.33. The smallest absolute Gasteiger partial charge is 0.00702 e. The van der Waals surface area contributed by atoms with Gasteiger partial charge in [0.1, 0.15) is 0 Å². The van der Waals surface area contributed by atoms with Crippen molar-refractivity contribution in [3.8, 4) is 0 Å². The molecule has 3 atom stereocenters. The summed E-state index contributed by atoms with van der Waals surface area (Å²) in [5.41, 5.74) is 0.794. The van der Waals surface area contributed by atoms with Crippen molar-refractivity contribution in [3.05, 3.63) is 60.7 Å². The molecule has 0 amide bonds. The first-order valence-corrected chi connectivity index (χ1v) is 9.79. The first-order valence-electron chi connectivity index (χ1n) is 8.38. The van der Waals surface area contributed by atoms with Gasteiger partial charge in [-0.1, -0.05) is 67.1 Å². The molecule has 2 aromatic carbocycles. The summed E-state index contributed by atoms with van der Waals surface area (Å²) in [7, 11) is 1.84. The molecule has 0 radical (unpaired) electrons. The minimum Gasteiger partial charge on any atom is -0.317 e. The van der Waals surface area contributed by atoms with Gasteiger partial charge in [0.05, 0.1) is 0 Å². The van der Waals surface area contributed by atoms with Crippen molar-refractivity contribution in [3.63, 3.8) is 0 Å². The predicted molar refractivity (Wildman–Crippen MR) is 98.7 cm³/mol. The molecule has 0 saturated heterocycles. The van der Waals surface area contributed by atoms with E-state index in [0.29, 0.717) is 6.04 Å². The normalized spacial score (nSPS) is 22.9. The lowest BCUT2D eigenvalue weighted by Crippen LogP contribution is -2.36. The molecule has 116 valence electrons. The van der Waals surface area contributed by atoms with Gasteiger partial charge in [-0.3, -0.25) is 0 Å². The van der Waals surface area contributed by atoms with Crippen LogP contribution in [-0.4, -0.2) is 18.7 Å². The highest BCUT2D eigenvalue weighted by Gasteiger charge is 2.37. The Morgan fingerprint density at radius 2 is 1.45 bits per heavy atom. The third-order valence-corrected chi connectivity index (χ3v) is 8.04. The molecule has 1 aliphatic rings. The van der Waals surface area contributed by atoms with Gasteiger partial charge in [0, 0.05) is 6.04 Å². The third kappa shape index (κ3) is 3.26. The molecular formula is C20H26NP. The van der Waals surface area contributed by atoms with E-state index in [2.05, 4.69) is 80.0 Å². The Morgan fingerprint density at radius 3 is 1.95 bits per heavy atom. The number of nitrogens with one attached hydrogen (secondary N) is 1. The second-order valence-electron chi connectivity index (χ2n) is 6.28. The van der Waals surface area contributed by atoms with Crippen LogP contribution in [0.3, 0.4) is 0 Å². The van der Waals surface area contributed by atoms with Crippen LogP contribution in [0.2, 0.25) is 0 Å². The first-order chi connectivity index (χ1) is 10.8. The standard InChI is InChI=1S/C20H26NP/c1-16(21-2)19-14-9-15-20(19)22(17-10-5-3-6-11-17)18-12-7-4-8-13-18/h3-8,10-13,16,19-21H,9,14-15H2,1-2H3/t16-,19+,20+/m0/s1. The van der Waals surface area contributed by atoms with Crippen LogP contribution in [0.15, 0.2) is 60.7 Å². The summed E-state index contributed by atoms with van der Waals surface area (Å²) in [6, 6.07) is 23.0. The number of hydrogen-bond acceptors (Lipinski definition) is 1. The highest BCUT2D eigenvalue weighted by atomic mass is 31.1. The van der Waals surface area contributed by atoms with Crippen LogP contribution in [0.25, 0.3) is 0 Å². The quantitative estimate of drug-likeness (QED) is 0.826. The molecule has 1 nitrogen and oxygen atoms in total. The Labute approximate surface area is 135 Å². The van der Waals surface area contributed by atoms with Gasteiger partial charge in [0.15, 0.2) is 0 Å². The van der Waals surface area contributed by atoms with Crippen LogP contribution in [0.4, 0.5) is 0 Å². The van der Waals surface area contributed by atoms with Gasteiger partial charge in [0.25, 0.3) is 0 Å². The molecule has 22 heavy (non-hydrogen) atoms. The molecule has 1 N–H and O–H groups in total. The fourth-order valence-electron chi connectivity index (χ4n) is 3.80. The largest absolute Gasteiger partial charge is 0.317 e. The minimum atomic E-state index is -0.269. The van der Waals surface area contributed by atoms with Crippen LogP contribution in [0, 0.1) is 5.92 Å². The zero-order valence-electron chi connectivity index (χ0n) is 13.6. The summed E-state index contributed by atoms with van der Waals surface area (Å²) in [6.45, 7) is 2.35. The molecule has 1 fully saturated rings. The van der Waals surface area contributed by atoms with E-state index in [-0.39, 0.29) is 7.92 Å². The van der Waals surface area contributed by atoms with Crippen molar-refractivity contribution in [1.29, 1.82) is 0 Å². The van der Waals surface area contributed by atoms with E-state index in [9.17, 15) is 0 Å². The summed E-state index contributed by atoms with van der Waals surface area (Å²) in [4.78, 5) is 0. The van der Waals surface area contributed by atoms with E-state index in [1.54, 1.807) is 0 Å². The number of hydrogen-bond donors (Lipinski definition) is 1. The van der Waals surface area contributed by atoms with E-state index in [1.807, 2.05) is 0 Å². The molecule has 0 aromatic heterocycles. The van der Waals surface area contributed by atoms with E-state index < -0.39 is 0 Å². The molecule has 2 aromatic rings. The van der Waals surface area contributed by atoms with Gasteiger partial charge in [-0.25, -0.2) is 0 Å². The minimum absolute atomic E-state index is 0.269.